The van der Waals surface area contributed by atoms with E-state index in [1.807, 2.05) is 61.5 Å². The molecule has 274 valence electrons. The molecule has 1 aliphatic rings. The molecule has 0 atom stereocenters. The summed E-state index contributed by atoms with van der Waals surface area (Å²) in [7, 11) is 0. The molecule has 4 aromatic carbocycles. The first kappa shape index (κ1) is 38.1. The number of carbonyl (C=O) groups excluding carboxylic acids is 3. The van der Waals surface area contributed by atoms with Gasteiger partial charge in [0.2, 0.25) is 0 Å². The van der Waals surface area contributed by atoms with Crippen LogP contribution in [0.3, 0.4) is 0 Å². The van der Waals surface area contributed by atoms with Gasteiger partial charge in [-0.25, -0.2) is 14.4 Å². The zero-order chi connectivity index (χ0) is 38.1. The fourth-order valence-electron chi connectivity index (χ4n) is 6.36. The van der Waals surface area contributed by atoms with E-state index in [2.05, 4.69) is 50.9 Å². The van der Waals surface area contributed by atoms with Gasteiger partial charge in [0.1, 0.15) is 56.9 Å². The summed E-state index contributed by atoms with van der Waals surface area (Å²) in [5.41, 5.74) is 7.93. The van der Waals surface area contributed by atoms with Gasteiger partial charge in [-0.2, -0.15) is 0 Å². The summed E-state index contributed by atoms with van der Waals surface area (Å²) in [6.07, 6.45) is 1.12. The van der Waals surface area contributed by atoms with Crippen molar-refractivity contribution in [1.29, 1.82) is 0 Å². The third kappa shape index (κ3) is 8.52. The quantitative estimate of drug-likeness (QED) is 0.0413. The minimum atomic E-state index is -0.857. The monoisotopic (exact) mass is 716 g/mol. The molecule has 9 heteroatoms. The van der Waals surface area contributed by atoms with Crippen LogP contribution in [0.5, 0.6) is 17.2 Å². The van der Waals surface area contributed by atoms with E-state index in [1.165, 1.54) is 0 Å². The lowest BCUT2D eigenvalue weighted by Gasteiger charge is -2.35. The normalized spacial score (nSPS) is 12.1. The molecule has 0 radical (unpaired) electrons. The minimum Gasteiger partial charge on any atom is -0.490 e. The van der Waals surface area contributed by atoms with E-state index in [1.54, 1.807) is 13.8 Å². The number of hydrogen-bond donors (Lipinski definition) is 0. The molecule has 0 aromatic heterocycles. The maximum atomic E-state index is 11.8. The highest BCUT2D eigenvalue weighted by atomic mass is 16.6. The maximum Gasteiger partial charge on any atom is 0.333 e. The zero-order valence-corrected chi connectivity index (χ0v) is 30.6. The van der Waals surface area contributed by atoms with Gasteiger partial charge in [-0.05, 0) is 91.4 Å². The second kappa shape index (κ2) is 17.0. The van der Waals surface area contributed by atoms with Crippen molar-refractivity contribution in [1.82, 2.24) is 0 Å². The van der Waals surface area contributed by atoms with E-state index < -0.39 is 23.3 Å². The Bertz CT molecular complexity index is 1950. The molecule has 9 nitrogen and oxygen atoms in total. The van der Waals surface area contributed by atoms with E-state index in [9.17, 15) is 14.4 Å². The number of ether oxygens (including phenoxy) is 6. The van der Waals surface area contributed by atoms with Gasteiger partial charge >= 0.3 is 17.9 Å². The van der Waals surface area contributed by atoms with Gasteiger partial charge in [-0.1, -0.05) is 73.8 Å². The van der Waals surface area contributed by atoms with Gasteiger partial charge in [-0.15, -0.1) is 0 Å². The summed E-state index contributed by atoms with van der Waals surface area (Å²) in [4.78, 5) is 35.4. The standard InChI is InChI=1S/C44H44O9/c1-8-40(45)51-22-21-50-39-27-31(7)26-37-36-25-30(6)9-18-38(36)44(41(37)39,32-10-14-34(15-11-32)48-19-23-52-42(46)28(2)3)33-12-16-35(17-13-33)49-20-24-53-43(47)29(4)5/h8-18,25-27H,1-2,4,19-24H2,3,5-7H3. The Morgan fingerprint density at radius 3 is 1.60 bits per heavy atom. The summed E-state index contributed by atoms with van der Waals surface area (Å²) in [6.45, 7) is 18.7. The first-order valence-electron chi connectivity index (χ1n) is 17.3. The summed E-state index contributed by atoms with van der Waals surface area (Å²) in [5.74, 6) is 0.427. The molecule has 0 saturated carbocycles. The molecular formula is C44H44O9. The molecule has 1 aliphatic carbocycles. The van der Waals surface area contributed by atoms with Crippen molar-refractivity contribution >= 4 is 17.9 Å². The highest BCUT2D eigenvalue weighted by Crippen LogP contribution is 2.59. The lowest BCUT2D eigenvalue weighted by Crippen LogP contribution is -2.29. The average Bonchev–Trinajstić information content (AvgIpc) is 3.43. The smallest absolute Gasteiger partial charge is 0.333 e. The summed E-state index contributed by atoms with van der Waals surface area (Å²) >= 11 is 0. The third-order valence-corrected chi connectivity index (χ3v) is 8.68. The van der Waals surface area contributed by atoms with Gasteiger partial charge in [0.25, 0.3) is 0 Å². The van der Waals surface area contributed by atoms with Crippen molar-refractivity contribution in [2.24, 2.45) is 0 Å². The van der Waals surface area contributed by atoms with Crippen molar-refractivity contribution in [3.63, 3.8) is 0 Å². The Kier molecular flexibility index (Phi) is 12.2. The fraction of sp³-hybridized carbons (Fsp3) is 0.250. The number of esters is 3. The molecule has 0 fully saturated rings. The van der Waals surface area contributed by atoms with Crippen molar-refractivity contribution in [3.8, 4) is 28.4 Å². The first-order chi connectivity index (χ1) is 25.4. The van der Waals surface area contributed by atoms with Crippen molar-refractivity contribution in [2.45, 2.75) is 33.1 Å². The first-order valence-corrected chi connectivity index (χ1v) is 17.3. The predicted octanol–water partition coefficient (Wildman–Crippen LogP) is 7.77. The Morgan fingerprint density at radius 1 is 0.604 bits per heavy atom. The molecule has 0 heterocycles. The number of rotatable bonds is 17. The highest BCUT2D eigenvalue weighted by molar-refractivity contribution is 5.89. The van der Waals surface area contributed by atoms with Crippen LogP contribution in [0.25, 0.3) is 11.1 Å². The topological polar surface area (TPSA) is 107 Å². The van der Waals surface area contributed by atoms with E-state index in [-0.39, 0.29) is 39.6 Å². The van der Waals surface area contributed by atoms with E-state index in [4.69, 9.17) is 28.4 Å². The number of benzene rings is 4. The molecule has 0 aliphatic heterocycles. The predicted molar refractivity (Wildman–Crippen MR) is 202 cm³/mol. The maximum absolute atomic E-state index is 11.8. The molecule has 0 N–H and O–H groups in total. The molecule has 0 amide bonds. The summed E-state index contributed by atoms with van der Waals surface area (Å²) < 4.78 is 34.0. The van der Waals surface area contributed by atoms with Crippen molar-refractivity contribution in [3.05, 3.63) is 149 Å². The zero-order valence-electron chi connectivity index (χ0n) is 30.6. The van der Waals surface area contributed by atoms with Crippen LogP contribution in [0.15, 0.2) is 116 Å². The Balaban J connectivity index is 1.58. The molecule has 53 heavy (non-hydrogen) atoms. The molecule has 0 unspecified atom stereocenters. The number of aryl methyl sites for hydroxylation is 2. The second-order valence-corrected chi connectivity index (χ2v) is 12.8. The molecule has 5 rings (SSSR count). The molecule has 0 bridgehead atoms. The van der Waals surface area contributed by atoms with Crippen LogP contribution in [0.2, 0.25) is 0 Å². The minimum absolute atomic E-state index is 0.0497. The van der Waals surface area contributed by atoms with Crippen LogP contribution in [0, 0.1) is 13.8 Å². The van der Waals surface area contributed by atoms with Crippen LogP contribution >= 0.6 is 0 Å². The molecule has 0 saturated heterocycles. The van der Waals surface area contributed by atoms with Crippen LogP contribution in [-0.4, -0.2) is 57.5 Å². The average molecular weight is 717 g/mol. The van der Waals surface area contributed by atoms with Gasteiger partial charge in [0.15, 0.2) is 0 Å². The Labute approximate surface area is 310 Å². The lowest BCUT2D eigenvalue weighted by atomic mass is 9.67. The van der Waals surface area contributed by atoms with E-state index in [0.717, 1.165) is 50.6 Å². The number of hydrogen-bond acceptors (Lipinski definition) is 9. The lowest BCUT2D eigenvalue weighted by molar-refractivity contribution is -0.140. The Hall–Kier alpha value is -6.09. The van der Waals surface area contributed by atoms with Gasteiger partial charge < -0.3 is 28.4 Å². The van der Waals surface area contributed by atoms with Gasteiger partial charge in [0, 0.05) is 22.8 Å². The van der Waals surface area contributed by atoms with Crippen LogP contribution in [0.1, 0.15) is 47.2 Å². The Morgan fingerprint density at radius 2 is 1.09 bits per heavy atom. The van der Waals surface area contributed by atoms with E-state index in [0.29, 0.717) is 28.4 Å². The van der Waals surface area contributed by atoms with Gasteiger partial charge in [0.05, 0.1) is 5.41 Å². The SMILES string of the molecule is C=CC(=O)OCCOc1cc(C)cc2c1C(c1ccc(OCCOC(=O)C(=C)C)cc1)(c1ccc(OCCOC(=O)C(=C)C)cc1)c1ccc(C)cc1-2. The number of carbonyl (C=O) groups is 3. The second-order valence-electron chi connectivity index (χ2n) is 12.8. The molecule has 4 aromatic rings. The molecule has 0 spiro atoms. The highest BCUT2D eigenvalue weighted by Gasteiger charge is 2.48. The van der Waals surface area contributed by atoms with Crippen molar-refractivity contribution < 1.29 is 42.8 Å². The van der Waals surface area contributed by atoms with Crippen LogP contribution in [-0.2, 0) is 34.0 Å². The van der Waals surface area contributed by atoms with E-state index >= 15 is 0 Å². The van der Waals surface area contributed by atoms with Crippen LogP contribution in [0.4, 0.5) is 0 Å². The molecular weight excluding hydrogens is 672 g/mol. The summed E-state index contributed by atoms with van der Waals surface area (Å²) in [6, 6.07) is 26.4. The largest absolute Gasteiger partial charge is 0.490 e. The van der Waals surface area contributed by atoms with Gasteiger partial charge in [-0.3, -0.25) is 0 Å². The van der Waals surface area contributed by atoms with Crippen molar-refractivity contribution in [2.75, 3.05) is 39.6 Å². The fourth-order valence-corrected chi connectivity index (χ4v) is 6.36. The van der Waals surface area contributed by atoms with Crippen LogP contribution < -0.4 is 14.2 Å². The third-order valence-electron chi connectivity index (χ3n) is 8.68. The number of fused-ring (bicyclic) bond motifs is 3. The summed E-state index contributed by atoms with van der Waals surface area (Å²) in [5, 5.41) is 0.